The van der Waals surface area contributed by atoms with Crippen LogP contribution in [0.15, 0.2) is 70.6 Å². The van der Waals surface area contributed by atoms with Crippen LogP contribution >= 0.6 is 22.6 Å². The lowest BCUT2D eigenvalue weighted by Crippen LogP contribution is -2.08. The van der Waals surface area contributed by atoms with Crippen LogP contribution in [0.3, 0.4) is 0 Å². The van der Waals surface area contributed by atoms with Crippen LogP contribution in [-0.4, -0.2) is 12.6 Å². The number of halogens is 1. The summed E-state index contributed by atoms with van der Waals surface area (Å²) < 4.78 is 44.9. The molecule has 4 nitrogen and oxygen atoms in total. The van der Waals surface area contributed by atoms with Gasteiger partial charge in [0, 0.05) is 0 Å². The van der Waals surface area contributed by atoms with Gasteiger partial charge < -0.3 is 0 Å². The Morgan fingerprint density at radius 1 is 0.862 bits per heavy atom. The van der Waals surface area contributed by atoms with Gasteiger partial charge in [-0.25, -0.2) is 4.21 Å². The number of hydrogen-bond acceptors (Lipinski definition) is 3. The molecule has 0 fully saturated rings. The normalized spacial score (nSPS) is 14.8. The third-order valence-corrected chi connectivity index (χ3v) is 11.4. The van der Waals surface area contributed by atoms with E-state index in [4.69, 9.17) is 0 Å². The molecule has 0 amide bonds. The SMILES string of the molecule is CCCC/C(CC)=C(/I)[S@@](=O)(=NS(=O)(=O)c1ccc(C)cc1)c1ccc(C)cc1. The highest BCUT2D eigenvalue weighted by Crippen LogP contribution is 2.35. The largest absolute Gasteiger partial charge is 0.290 e. The van der Waals surface area contributed by atoms with E-state index in [0.717, 1.165) is 36.0 Å². The predicted octanol–water partition coefficient (Wildman–Crippen LogP) is 6.77. The minimum atomic E-state index is -4.09. The van der Waals surface area contributed by atoms with Gasteiger partial charge in [-0.1, -0.05) is 59.4 Å². The summed E-state index contributed by atoms with van der Waals surface area (Å²) in [6.07, 6.45) is 3.47. The molecule has 0 saturated heterocycles. The van der Waals surface area contributed by atoms with Crippen molar-refractivity contribution in [2.24, 2.45) is 3.77 Å². The second kappa shape index (κ2) is 10.2. The monoisotopic (exact) mass is 545 g/mol. The summed E-state index contributed by atoms with van der Waals surface area (Å²) in [5.74, 6) is 0. The molecule has 0 spiro atoms. The molecule has 0 saturated carbocycles. The van der Waals surface area contributed by atoms with Crippen molar-refractivity contribution in [2.75, 3.05) is 0 Å². The summed E-state index contributed by atoms with van der Waals surface area (Å²) >= 11 is 2.04. The number of rotatable bonds is 8. The predicted molar refractivity (Wildman–Crippen MR) is 129 cm³/mol. The Labute approximate surface area is 189 Å². The van der Waals surface area contributed by atoms with E-state index in [0.29, 0.717) is 14.2 Å². The Kier molecular flexibility index (Phi) is 8.48. The van der Waals surface area contributed by atoms with Crippen molar-refractivity contribution in [1.82, 2.24) is 0 Å². The van der Waals surface area contributed by atoms with Crippen molar-refractivity contribution >= 4 is 42.3 Å². The van der Waals surface area contributed by atoms with Crippen molar-refractivity contribution in [3.05, 3.63) is 68.1 Å². The van der Waals surface area contributed by atoms with Crippen LogP contribution in [0.1, 0.15) is 50.7 Å². The number of allylic oxidation sites excluding steroid dienone is 1. The molecule has 29 heavy (non-hydrogen) atoms. The van der Waals surface area contributed by atoms with Gasteiger partial charge in [-0.05, 0) is 85.5 Å². The number of aryl methyl sites for hydroxylation is 2. The number of hydrogen-bond donors (Lipinski definition) is 0. The van der Waals surface area contributed by atoms with Crippen molar-refractivity contribution in [3.63, 3.8) is 0 Å². The summed E-state index contributed by atoms with van der Waals surface area (Å²) in [5, 5.41) is 0. The van der Waals surface area contributed by atoms with Crippen molar-refractivity contribution < 1.29 is 12.6 Å². The highest BCUT2D eigenvalue weighted by atomic mass is 127. The quantitative estimate of drug-likeness (QED) is 0.344. The molecule has 2 aromatic rings. The summed E-state index contributed by atoms with van der Waals surface area (Å²) in [7, 11) is -7.41. The van der Waals surface area contributed by atoms with Crippen LogP contribution in [0.4, 0.5) is 0 Å². The van der Waals surface area contributed by atoms with Crippen molar-refractivity contribution in [2.45, 2.75) is 63.2 Å². The highest BCUT2D eigenvalue weighted by Gasteiger charge is 2.25. The summed E-state index contributed by atoms with van der Waals surface area (Å²) in [6, 6.07) is 13.6. The van der Waals surface area contributed by atoms with Crippen LogP contribution in [0.25, 0.3) is 0 Å². The first-order chi connectivity index (χ1) is 13.6. The minimum absolute atomic E-state index is 0.0544. The van der Waals surface area contributed by atoms with Crippen LogP contribution in [0.2, 0.25) is 0 Å². The van der Waals surface area contributed by atoms with Gasteiger partial charge in [0.1, 0.15) is 9.73 Å². The van der Waals surface area contributed by atoms with Crippen LogP contribution in [0.5, 0.6) is 0 Å². The topological polar surface area (TPSA) is 63.6 Å². The van der Waals surface area contributed by atoms with Crippen LogP contribution in [-0.2, 0) is 19.8 Å². The first-order valence-electron chi connectivity index (χ1n) is 9.68. The van der Waals surface area contributed by atoms with E-state index in [1.165, 1.54) is 12.1 Å². The molecular weight excluding hydrogens is 517 g/mol. The van der Waals surface area contributed by atoms with Gasteiger partial charge in [0.05, 0.1) is 12.7 Å². The van der Waals surface area contributed by atoms with Gasteiger partial charge in [-0.2, -0.15) is 8.42 Å². The third kappa shape index (κ3) is 5.92. The van der Waals surface area contributed by atoms with E-state index >= 15 is 0 Å². The van der Waals surface area contributed by atoms with Gasteiger partial charge in [0.25, 0.3) is 10.0 Å². The summed E-state index contributed by atoms with van der Waals surface area (Å²) in [5.41, 5.74) is 2.96. The summed E-state index contributed by atoms with van der Waals surface area (Å²) in [6.45, 7) is 7.93. The fraction of sp³-hybridized carbons (Fsp3) is 0.364. The fourth-order valence-corrected chi connectivity index (χ4v) is 8.82. The van der Waals surface area contributed by atoms with Gasteiger partial charge in [0.2, 0.25) is 0 Å². The van der Waals surface area contributed by atoms with Gasteiger partial charge in [-0.3, -0.25) is 0 Å². The van der Waals surface area contributed by atoms with Crippen LogP contribution in [0, 0.1) is 13.8 Å². The lowest BCUT2D eigenvalue weighted by atomic mass is 10.1. The average molecular weight is 546 g/mol. The molecule has 0 heterocycles. The lowest BCUT2D eigenvalue weighted by Gasteiger charge is -2.15. The van der Waals surface area contributed by atoms with Gasteiger partial charge in [0.15, 0.2) is 0 Å². The number of sulfonamides is 1. The molecule has 2 aromatic carbocycles. The zero-order valence-electron chi connectivity index (χ0n) is 17.3. The zero-order valence-corrected chi connectivity index (χ0v) is 21.1. The third-order valence-electron chi connectivity index (χ3n) is 4.64. The first-order valence-corrected chi connectivity index (χ1v) is 13.7. The van der Waals surface area contributed by atoms with E-state index < -0.39 is 19.8 Å². The number of benzene rings is 2. The molecule has 0 aliphatic heterocycles. The minimum Gasteiger partial charge on any atom is -0.238 e. The van der Waals surface area contributed by atoms with Crippen LogP contribution < -0.4 is 0 Å². The fourth-order valence-electron chi connectivity index (χ4n) is 2.79. The molecule has 0 radical (unpaired) electrons. The lowest BCUT2D eigenvalue weighted by molar-refractivity contribution is 0.598. The Balaban J connectivity index is 2.78. The first kappa shape index (κ1) is 24.1. The molecule has 0 N–H and O–H groups in total. The Bertz CT molecular complexity index is 1090. The van der Waals surface area contributed by atoms with E-state index in [1.54, 1.807) is 24.3 Å². The molecule has 7 heteroatoms. The van der Waals surface area contributed by atoms with E-state index in [9.17, 15) is 12.6 Å². The molecule has 0 aliphatic rings. The van der Waals surface area contributed by atoms with Gasteiger partial charge >= 0.3 is 0 Å². The molecule has 1 atom stereocenters. The van der Waals surface area contributed by atoms with Gasteiger partial charge in [-0.15, -0.1) is 0 Å². The second-order valence-electron chi connectivity index (χ2n) is 7.04. The maximum Gasteiger partial charge on any atom is 0.290 e. The Hall–Kier alpha value is -1.19. The van der Waals surface area contributed by atoms with Crippen molar-refractivity contribution in [1.29, 1.82) is 0 Å². The molecule has 158 valence electrons. The number of unbranched alkanes of at least 4 members (excludes halogenated alkanes) is 1. The standard InChI is InChI=1S/C22H28INO3S2/c1-5-7-8-19(6-2)22(23)28(25,20-13-9-17(3)10-14-20)24-29(26,27)21-15-11-18(4)12-16-21/h9-16H,5-8H2,1-4H3/b22-19-/t28-/m1/s1. The maximum atomic E-state index is 14.2. The second-order valence-corrected chi connectivity index (χ2v) is 12.8. The van der Waals surface area contributed by atoms with E-state index in [1.807, 2.05) is 55.5 Å². The Morgan fingerprint density at radius 2 is 1.34 bits per heavy atom. The van der Waals surface area contributed by atoms with E-state index in [2.05, 4.69) is 10.7 Å². The molecule has 0 aliphatic carbocycles. The Morgan fingerprint density at radius 3 is 1.79 bits per heavy atom. The van der Waals surface area contributed by atoms with E-state index in [-0.39, 0.29) is 4.90 Å². The number of nitrogens with zero attached hydrogens (tertiary/aromatic N) is 1. The molecule has 0 aromatic heterocycles. The smallest absolute Gasteiger partial charge is 0.238 e. The average Bonchev–Trinajstić information content (AvgIpc) is 2.68. The highest BCUT2D eigenvalue weighted by molar-refractivity contribution is 14.1. The molecular formula is C22H28INO3S2. The molecule has 0 unspecified atom stereocenters. The zero-order chi connectivity index (χ0) is 21.7. The maximum absolute atomic E-state index is 14.2. The molecule has 0 bridgehead atoms. The van der Waals surface area contributed by atoms with Crippen molar-refractivity contribution in [3.8, 4) is 0 Å². The molecule has 2 rings (SSSR count). The summed E-state index contributed by atoms with van der Waals surface area (Å²) in [4.78, 5) is 0.476.